The molecule has 0 amide bonds. The molecule has 0 spiro atoms. The van der Waals surface area contributed by atoms with Crippen LogP contribution in [0.3, 0.4) is 0 Å². The predicted octanol–water partition coefficient (Wildman–Crippen LogP) is 2.34. The van der Waals surface area contributed by atoms with Gasteiger partial charge in [0.05, 0.1) is 10.6 Å². The molecule has 1 N–H and O–H groups in total. The van der Waals surface area contributed by atoms with Crippen LogP contribution >= 0.6 is 0 Å². The van der Waals surface area contributed by atoms with Crippen LogP contribution in [0.15, 0.2) is 33.7 Å². The summed E-state index contributed by atoms with van der Waals surface area (Å²) in [6.07, 6.45) is 0.737. The fourth-order valence-electron chi connectivity index (χ4n) is 2.98. The Morgan fingerprint density at radius 2 is 2.04 bits per heavy atom. The van der Waals surface area contributed by atoms with Gasteiger partial charge in [0.2, 0.25) is 21.7 Å². The van der Waals surface area contributed by atoms with E-state index in [1.165, 1.54) is 24.7 Å². The van der Waals surface area contributed by atoms with Crippen LogP contribution in [0, 0.1) is 13.8 Å². The van der Waals surface area contributed by atoms with E-state index in [-0.39, 0.29) is 10.8 Å². The van der Waals surface area contributed by atoms with E-state index in [2.05, 4.69) is 20.0 Å². The van der Waals surface area contributed by atoms with Crippen molar-refractivity contribution >= 4 is 10.0 Å². The average Bonchev–Trinajstić information content (AvgIpc) is 3.23. The van der Waals surface area contributed by atoms with Gasteiger partial charge in [-0.1, -0.05) is 24.2 Å². The molecule has 0 saturated carbocycles. The van der Waals surface area contributed by atoms with Crippen molar-refractivity contribution in [3.8, 4) is 11.4 Å². The molecule has 2 heterocycles. The molecule has 0 aliphatic carbocycles. The van der Waals surface area contributed by atoms with E-state index in [1.807, 2.05) is 32.5 Å². The Morgan fingerprint density at radius 3 is 2.67 bits per heavy atom. The zero-order valence-corrected chi connectivity index (χ0v) is 16.8. The fourth-order valence-corrected chi connectivity index (χ4v) is 3.75. The molecule has 144 valence electrons. The van der Waals surface area contributed by atoms with E-state index >= 15 is 0 Å². The van der Waals surface area contributed by atoms with Crippen LogP contribution in [0.4, 0.5) is 0 Å². The lowest BCUT2D eigenvalue weighted by Gasteiger charge is -2.07. The monoisotopic (exact) mass is 389 g/mol. The Balaban J connectivity index is 1.86. The quantitative estimate of drug-likeness (QED) is 0.694. The Hall–Kier alpha value is -2.52. The number of nitrogens with one attached hydrogen (secondary N) is 1. The highest BCUT2D eigenvalue weighted by molar-refractivity contribution is 7.89. The van der Waals surface area contributed by atoms with E-state index in [4.69, 9.17) is 4.52 Å². The van der Waals surface area contributed by atoms with Gasteiger partial charge in [-0.3, -0.25) is 4.68 Å². The van der Waals surface area contributed by atoms with Gasteiger partial charge < -0.3 is 4.52 Å². The molecule has 8 nitrogen and oxygen atoms in total. The standard InChI is InChI=1S/C18H23N5O3S/c1-11(9-16-12(2)21-23(5)13(16)3)18-20-17(22-26-18)14-7-6-8-15(10-14)27(24,25)19-4/h6-8,10-11,19H,9H2,1-5H3. The summed E-state index contributed by atoms with van der Waals surface area (Å²) < 4.78 is 33.6. The lowest BCUT2D eigenvalue weighted by atomic mass is 9.99. The summed E-state index contributed by atoms with van der Waals surface area (Å²) in [5.74, 6) is 0.885. The molecule has 27 heavy (non-hydrogen) atoms. The zero-order chi connectivity index (χ0) is 19.8. The minimum absolute atomic E-state index is 0.0112. The summed E-state index contributed by atoms with van der Waals surface area (Å²) in [6, 6.07) is 6.46. The largest absolute Gasteiger partial charge is 0.339 e. The normalized spacial score (nSPS) is 13.1. The van der Waals surface area contributed by atoms with Gasteiger partial charge in [0.15, 0.2) is 0 Å². The molecule has 2 aromatic heterocycles. The van der Waals surface area contributed by atoms with Crippen LogP contribution < -0.4 is 4.72 Å². The van der Waals surface area contributed by atoms with Gasteiger partial charge in [-0.25, -0.2) is 13.1 Å². The van der Waals surface area contributed by atoms with E-state index < -0.39 is 10.0 Å². The van der Waals surface area contributed by atoms with Gasteiger partial charge in [0.1, 0.15) is 0 Å². The maximum Gasteiger partial charge on any atom is 0.240 e. The molecule has 1 aromatic carbocycles. The Kier molecular flexibility index (Phi) is 5.16. The first-order valence-electron chi connectivity index (χ1n) is 8.59. The topological polar surface area (TPSA) is 103 Å². The molecular formula is C18H23N5O3S. The number of hydrogen-bond acceptors (Lipinski definition) is 6. The van der Waals surface area contributed by atoms with Crippen LogP contribution in [0.2, 0.25) is 0 Å². The number of benzene rings is 1. The van der Waals surface area contributed by atoms with Crippen LogP contribution in [-0.4, -0.2) is 35.4 Å². The van der Waals surface area contributed by atoms with Crippen molar-refractivity contribution in [3.63, 3.8) is 0 Å². The van der Waals surface area contributed by atoms with Crippen molar-refractivity contribution in [2.75, 3.05) is 7.05 Å². The number of sulfonamides is 1. The summed E-state index contributed by atoms with van der Waals surface area (Å²) in [4.78, 5) is 4.63. The second kappa shape index (κ2) is 7.24. The van der Waals surface area contributed by atoms with E-state index in [0.717, 1.165) is 17.8 Å². The van der Waals surface area contributed by atoms with Gasteiger partial charge in [-0.15, -0.1) is 0 Å². The average molecular weight is 389 g/mol. The maximum absolute atomic E-state index is 12.0. The fraction of sp³-hybridized carbons (Fsp3) is 0.389. The summed E-state index contributed by atoms with van der Waals surface area (Å²) in [6.45, 7) is 6.04. The van der Waals surface area contributed by atoms with Crippen molar-refractivity contribution in [2.45, 2.75) is 38.0 Å². The highest BCUT2D eigenvalue weighted by Gasteiger charge is 2.20. The number of aryl methyl sites for hydroxylation is 2. The van der Waals surface area contributed by atoms with Crippen LogP contribution in [-0.2, 0) is 23.5 Å². The van der Waals surface area contributed by atoms with Crippen LogP contribution in [0.5, 0.6) is 0 Å². The molecule has 3 rings (SSSR count). The Labute approximate surface area is 158 Å². The van der Waals surface area contributed by atoms with Gasteiger partial charge in [-0.05, 0) is 45.0 Å². The molecule has 1 atom stereocenters. The van der Waals surface area contributed by atoms with Crippen molar-refractivity contribution in [2.24, 2.45) is 7.05 Å². The zero-order valence-electron chi connectivity index (χ0n) is 16.0. The van der Waals surface area contributed by atoms with Crippen molar-refractivity contribution in [3.05, 3.63) is 47.1 Å². The minimum atomic E-state index is -3.53. The van der Waals surface area contributed by atoms with Gasteiger partial charge in [0.25, 0.3) is 0 Å². The minimum Gasteiger partial charge on any atom is -0.339 e. The number of rotatable bonds is 6. The third-order valence-electron chi connectivity index (χ3n) is 4.70. The first kappa shape index (κ1) is 19.2. The SMILES string of the molecule is CNS(=O)(=O)c1cccc(-c2noc(C(C)Cc3c(C)nn(C)c3C)n2)c1. The Bertz CT molecular complexity index is 1070. The molecule has 0 fully saturated rings. The van der Waals surface area contributed by atoms with E-state index in [9.17, 15) is 8.42 Å². The first-order chi connectivity index (χ1) is 12.7. The van der Waals surface area contributed by atoms with Crippen molar-refractivity contribution < 1.29 is 12.9 Å². The molecular weight excluding hydrogens is 366 g/mol. The molecule has 0 aliphatic rings. The number of aromatic nitrogens is 4. The first-order valence-corrected chi connectivity index (χ1v) is 10.1. The highest BCUT2D eigenvalue weighted by atomic mass is 32.2. The lowest BCUT2D eigenvalue weighted by molar-refractivity contribution is 0.358. The van der Waals surface area contributed by atoms with Crippen LogP contribution in [0.1, 0.15) is 35.7 Å². The van der Waals surface area contributed by atoms with Crippen molar-refractivity contribution in [1.29, 1.82) is 0 Å². The second-order valence-electron chi connectivity index (χ2n) is 6.57. The third kappa shape index (κ3) is 3.79. The van der Waals surface area contributed by atoms with Gasteiger partial charge in [-0.2, -0.15) is 10.1 Å². The van der Waals surface area contributed by atoms with Crippen molar-refractivity contribution in [1.82, 2.24) is 24.6 Å². The van der Waals surface area contributed by atoms with E-state index in [1.54, 1.807) is 12.1 Å². The second-order valence-corrected chi connectivity index (χ2v) is 8.46. The molecule has 1 unspecified atom stereocenters. The van der Waals surface area contributed by atoms with E-state index in [0.29, 0.717) is 17.3 Å². The Morgan fingerprint density at radius 1 is 1.30 bits per heavy atom. The molecule has 9 heteroatoms. The molecule has 0 saturated heterocycles. The smallest absolute Gasteiger partial charge is 0.240 e. The highest BCUT2D eigenvalue weighted by Crippen LogP contribution is 2.26. The van der Waals surface area contributed by atoms with Crippen LogP contribution in [0.25, 0.3) is 11.4 Å². The molecule has 3 aromatic rings. The third-order valence-corrected chi connectivity index (χ3v) is 6.12. The van der Waals surface area contributed by atoms with Gasteiger partial charge >= 0.3 is 0 Å². The predicted molar refractivity (Wildman–Crippen MR) is 101 cm³/mol. The molecule has 0 bridgehead atoms. The number of nitrogens with zero attached hydrogens (tertiary/aromatic N) is 4. The summed E-state index contributed by atoms with van der Waals surface area (Å²) >= 11 is 0. The molecule has 0 radical (unpaired) electrons. The molecule has 0 aliphatic heterocycles. The lowest BCUT2D eigenvalue weighted by Crippen LogP contribution is -2.18. The number of hydrogen-bond donors (Lipinski definition) is 1. The summed E-state index contributed by atoms with van der Waals surface area (Å²) in [5.41, 5.74) is 3.87. The summed E-state index contributed by atoms with van der Waals surface area (Å²) in [5, 5.41) is 8.46. The maximum atomic E-state index is 12.0. The summed E-state index contributed by atoms with van der Waals surface area (Å²) in [7, 11) is -0.234. The van der Waals surface area contributed by atoms with Gasteiger partial charge in [0, 0.05) is 24.2 Å².